The monoisotopic (exact) mass is 312 g/mol. The van der Waals surface area contributed by atoms with E-state index in [2.05, 4.69) is 10.6 Å². The molecule has 0 unspecified atom stereocenters. The van der Waals surface area contributed by atoms with Gasteiger partial charge in [-0.15, -0.1) is 0 Å². The lowest BCUT2D eigenvalue weighted by molar-refractivity contribution is -0.119. The number of nitrogens with zero attached hydrogens (tertiary/aromatic N) is 2. The van der Waals surface area contributed by atoms with Crippen LogP contribution in [-0.2, 0) is 33.7 Å². The van der Waals surface area contributed by atoms with Gasteiger partial charge in [0.2, 0.25) is 5.78 Å². The van der Waals surface area contributed by atoms with Crippen molar-refractivity contribution in [1.29, 1.82) is 0 Å². The van der Waals surface area contributed by atoms with Crippen LogP contribution in [-0.4, -0.2) is 28.5 Å². The van der Waals surface area contributed by atoms with Crippen molar-refractivity contribution in [3.05, 3.63) is 41.6 Å². The lowest BCUT2D eigenvalue weighted by atomic mass is 10.1. The van der Waals surface area contributed by atoms with Gasteiger partial charge in [-0.05, 0) is 30.5 Å². The zero-order valence-corrected chi connectivity index (χ0v) is 13.1. The number of hydrogen-bond acceptors (Lipinski definition) is 4. The van der Waals surface area contributed by atoms with Crippen LogP contribution in [0.25, 0.3) is 11.0 Å². The van der Waals surface area contributed by atoms with Crippen LogP contribution in [0.5, 0.6) is 0 Å². The molecule has 0 amide bonds. The van der Waals surface area contributed by atoms with E-state index in [4.69, 9.17) is 14.5 Å². The Balaban J connectivity index is 1.59. The molecule has 0 N–H and O–H groups in total. The zero-order valence-electron chi connectivity index (χ0n) is 13.1. The van der Waals surface area contributed by atoms with E-state index in [1.807, 2.05) is 12.1 Å². The Bertz CT molecular complexity index is 776. The molecule has 0 radical (unpaired) electrons. The second kappa shape index (κ2) is 6.07. The molecule has 0 atom stereocenters. The highest BCUT2D eigenvalue weighted by molar-refractivity contribution is 5.95. The third-order valence-corrected chi connectivity index (χ3v) is 4.46. The molecule has 0 bridgehead atoms. The van der Waals surface area contributed by atoms with Gasteiger partial charge in [-0.25, -0.2) is 4.98 Å². The molecule has 2 aromatic rings. The molecule has 23 heavy (non-hydrogen) atoms. The van der Waals surface area contributed by atoms with Gasteiger partial charge in [0.05, 0.1) is 11.0 Å². The Labute approximate surface area is 134 Å². The predicted molar refractivity (Wildman–Crippen MR) is 86.0 cm³/mol. The summed E-state index contributed by atoms with van der Waals surface area (Å²) in [4.78, 5) is 17.0. The Hall–Kier alpha value is -2.30. The minimum Gasteiger partial charge on any atom is -0.494 e. The molecular weight excluding hydrogens is 292 g/mol. The summed E-state index contributed by atoms with van der Waals surface area (Å²) in [7, 11) is 0. The highest BCUT2D eigenvalue weighted by Crippen LogP contribution is 2.23. The second-order valence-corrected chi connectivity index (χ2v) is 6.11. The minimum absolute atomic E-state index is 0.0511. The third-order valence-electron chi connectivity index (χ3n) is 4.46. The molecule has 0 fully saturated rings. The van der Waals surface area contributed by atoms with Crippen molar-refractivity contribution < 1.29 is 14.3 Å². The fourth-order valence-electron chi connectivity index (χ4n) is 3.29. The van der Waals surface area contributed by atoms with E-state index in [1.54, 1.807) is 0 Å². The van der Waals surface area contributed by atoms with E-state index in [0.717, 1.165) is 24.0 Å². The molecule has 0 spiro atoms. The number of allylic oxidation sites excluding steroid dienone is 1. The molecule has 1 aromatic carbocycles. The number of ether oxygens (including phenoxy) is 2. The van der Waals surface area contributed by atoms with Crippen LogP contribution >= 0.6 is 0 Å². The van der Waals surface area contributed by atoms with Crippen LogP contribution in [0.3, 0.4) is 0 Å². The lowest BCUT2D eigenvalue weighted by Gasteiger charge is -2.14. The number of aryl methyl sites for hydroxylation is 2. The first-order chi connectivity index (χ1) is 11.3. The van der Waals surface area contributed by atoms with E-state index in [0.29, 0.717) is 25.4 Å². The molecule has 1 aromatic heterocycles. The first kappa shape index (κ1) is 14.3. The van der Waals surface area contributed by atoms with Crippen LogP contribution in [0.4, 0.5) is 0 Å². The number of benzene rings is 1. The lowest BCUT2D eigenvalue weighted by Crippen LogP contribution is -2.16. The predicted octanol–water partition coefficient (Wildman–Crippen LogP) is 2.76. The number of imidazole rings is 1. The quantitative estimate of drug-likeness (QED) is 0.874. The summed E-state index contributed by atoms with van der Waals surface area (Å²) in [6, 6.07) is 6.13. The van der Waals surface area contributed by atoms with Crippen LogP contribution in [0.1, 0.15) is 30.7 Å². The zero-order chi connectivity index (χ0) is 15.6. The number of rotatable bonds is 3. The SMILES string of the molecule is O=C(Cc1ccc2c(c1)nc1n2CCCCC1)C1=COCCO1. The maximum atomic E-state index is 12.2. The third kappa shape index (κ3) is 2.83. The fraction of sp³-hybridized carbons (Fsp3) is 0.444. The molecule has 2 aliphatic rings. The topological polar surface area (TPSA) is 53.4 Å². The molecule has 0 aliphatic carbocycles. The van der Waals surface area contributed by atoms with Gasteiger partial charge in [-0.3, -0.25) is 4.79 Å². The number of hydrogen-bond donors (Lipinski definition) is 0. The van der Waals surface area contributed by atoms with Gasteiger partial charge in [-0.1, -0.05) is 12.5 Å². The van der Waals surface area contributed by atoms with Crippen molar-refractivity contribution in [1.82, 2.24) is 9.55 Å². The average Bonchev–Trinajstić information content (AvgIpc) is 2.76. The number of carbonyl (C=O) groups is 1. The number of carbonyl (C=O) groups excluding carboxylic acids is 1. The summed E-state index contributed by atoms with van der Waals surface area (Å²) in [5.74, 6) is 1.44. The Morgan fingerprint density at radius 2 is 2.17 bits per heavy atom. The van der Waals surface area contributed by atoms with Gasteiger partial charge in [0.1, 0.15) is 25.3 Å². The van der Waals surface area contributed by atoms with Gasteiger partial charge in [0, 0.05) is 19.4 Å². The molecule has 5 heteroatoms. The van der Waals surface area contributed by atoms with Crippen molar-refractivity contribution in [2.75, 3.05) is 13.2 Å². The molecule has 2 aliphatic heterocycles. The molecule has 5 nitrogen and oxygen atoms in total. The minimum atomic E-state index is -0.0511. The van der Waals surface area contributed by atoms with Gasteiger partial charge in [-0.2, -0.15) is 0 Å². The van der Waals surface area contributed by atoms with Crippen LogP contribution in [0.15, 0.2) is 30.2 Å². The van der Waals surface area contributed by atoms with E-state index in [9.17, 15) is 4.79 Å². The summed E-state index contributed by atoms with van der Waals surface area (Å²) >= 11 is 0. The van der Waals surface area contributed by atoms with Crippen molar-refractivity contribution in [3.8, 4) is 0 Å². The summed E-state index contributed by atoms with van der Waals surface area (Å²) in [6.45, 7) is 1.98. The fourth-order valence-corrected chi connectivity index (χ4v) is 3.29. The highest BCUT2D eigenvalue weighted by Gasteiger charge is 2.17. The average molecular weight is 312 g/mol. The second-order valence-electron chi connectivity index (χ2n) is 6.11. The maximum absolute atomic E-state index is 12.2. The van der Waals surface area contributed by atoms with Crippen molar-refractivity contribution in [2.45, 2.75) is 38.6 Å². The molecule has 0 saturated heterocycles. The molecular formula is C18H20N2O3. The van der Waals surface area contributed by atoms with Crippen molar-refractivity contribution in [3.63, 3.8) is 0 Å². The Kier molecular flexibility index (Phi) is 3.77. The van der Waals surface area contributed by atoms with Crippen molar-refractivity contribution in [2.24, 2.45) is 0 Å². The van der Waals surface area contributed by atoms with E-state index < -0.39 is 0 Å². The summed E-state index contributed by atoms with van der Waals surface area (Å²) in [5, 5.41) is 0. The van der Waals surface area contributed by atoms with Crippen LogP contribution in [0.2, 0.25) is 0 Å². The summed E-state index contributed by atoms with van der Waals surface area (Å²) in [6.07, 6.45) is 6.47. The Morgan fingerprint density at radius 3 is 3.04 bits per heavy atom. The number of ketones is 1. The first-order valence-electron chi connectivity index (χ1n) is 8.27. The van der Waals surface area contributed by atoms with E-state index >= 15 is 0 Å². The van der Waals surface area contributed by atoms with E-state index in [1.165, 1.54) is 36.9 Å². The van der Waals surface area contributed by atoms with Gasteiger partial charge in [0.15, 0.2) is 5.76 Å². The summed E-state index contributed by atoms with van der Waals surface area (Å²) < 4.78 is 12.8. The summed E-state index contributed by atoms with van der Waals surface area (Å²) in [5.41, 5.74) is 3.13. The Morgan fingerprint density at radius 1 is 1.22 bits per heavy atom. The number of aromatic nitrogens is 2. The maximum Gasteiger partial charge on any atom is 0.204 e. The van der Waals surface area contributed by atoms with Crippen molar-refractivity contribution >= 4 is 16.8 Å². The first-order valence-corrected chi connectivity index (χ1v) is 8.27. The van der Waals surface area contributed by atoms with Gasteiger partial charge in [0.25, 0.3) is 0 Å². The van der Waals surface area contributed by atoms with Gasteiger partial charge >= 0.3 is 0 Å². The highest BCUT2D eigenvalue weighted by atomic mass is 16.6. The molecule has 0 saturated carbocycles. The standard InChI is InChI=1S/C18H20N2O3/c21-16(17-12-22-8-9-23-17)11-13-5-6-15-14(10-13)19-18-4-2-1-3-7-20(15)18/h5-6,10,12H,1-4,7-9,11H2. The van der Waals surface area contributed by atoms with Gasteiger partial charge < -0.3 is 14.0 Å². The normalized spacial score (nSPS) is 17.7. The molecule has 120 valence electrons. The van der Waals surface area contributed by atoms with Crippen LogP contribution < -0.4 is 0 Å². The molecule has 4 rings (SSSR count). The number of fused-ring (bicyclic) bond motifs is 3. The smallest absolute Gasteiger partial charge is 0.204 e. The molecule has 3 heterocycles. The number of Topliss-reactive ketones (excluding diaryl/α,β-unsaturated/α-hetero) is 1. The largest absolute Gasteiger partial charge is 0.494 e. The van der Waals surface area contributed by atoms with Crippen LogP contribution in [0, 0.1) is 0 Å². The van der Waals surface area contributed by atoms with E-state index in [-0.39, 0.29) is 5.78 Å².